The molecule has 0 aromatic carbocycles. The van der Waals surface area contributed by atoms with E-state index in [0.29, 0.717) is 11.6 Å². The lowest BCUT2D eigenvalue weighted by molar-refractivity contribution is 0.138. The Morgan fingerprint density at radius 2 is 1.95 bits per heavy atom. The Kier molecular flexibility index (Phi) is 4.51. The van der Waals surface area contributed by atoms with Crippen LogP contribution in [0.3, 0.4) is 0 Å². The van der Waals surface area contributed by atoms with Gasteiger partial charge in [0.05, 0.1) is 11.9 Å². The second-order valence-corrected chi connectivity index (χ2v) is 6.15. The first kappa shape index (κ1) is 13.8. The van der Waals surface area contributed by atoms with Crippen LogP contribution in [-0.2, 0) is 0 Å². The van der Waals surface area contributed by atoms with Gasteiger partial charge in [-0.1, -0.05) is 12.8 Å². The zero-order valence-electron chi connectivity index (χ0n) is 12.0. The van der Waals surface area contributed by atoms with Crippen LogP contribution in [-0.4, -0.2) is 35.6 Å². The van der Waals surface area contributed by atoms with Crippen molar-refractivity contribution >= 4 is 5.69 Å². The quantitative estimate of drug-likeness (QED) is 0.915. The average Bonchev–Trinajstić information content (AvgIpc) is 3.01. The number of anilines is 1. The van der Waals surface area contributed by atoms with Crippen LogP contribution in [0, 0.1) is 11.7 Å². The molecule has 1 aromatic heterocycles. The Bertz CT molecular complexity index is 423. The highest BCUT2D eigenvalue weighted by atomic mass is 19.1. The zero-order chi connectivity index (χ0) is 13.8. The van der Waals surface area contributed by atoms with Crippen LogP contribution in [0.2, 0.25) is 0 Å². The molecule has 1 saturated heterocycles. The Morgan fingerprint density at radius 3 is 2.65 bits per heavy atom. The van der Waals surface area contributed by atoms with E-state index in [1.54, 1.807) is 12.3 Å². The predicted octanol–water partition coefficient (Wildman–Crippen LogP) is 3.29. The van der Waals surface area contributed by atoms with Gasteiger partial charge >= 0.3 is 0 Å². The van der Waals surface area contributed by atoms with E-state index in [4.69, 9.17) is 0 Å². The Morgan fingerprint density at radius 1 is 1.20 bits per heavy atom. The highest BCUT2D eigenvalue weighted by Gasteiger charge is 2.26. The summed E-state index contributed by atoms with van der Waals surface area (Å²) in [5.74, 6) is 0.413. The molecule has 4 heteroatoms. The summed E-state index contributed by atoms with van der Waals surface area (Å²) in [6.45, 7) is 3.31. The molecule has 2 aliphatic rings. The molecule has 110 valence electrons. The van der Waals surface area contributed by atoms with Crippen molar-refractivity contribution < 1.29 is 4.39 Å². The monoisotopic (exact) mass is 277 g/mol. The Hall–Kier alpha value is -1.16. The van der Waals surface area contributed by atoms with Gasteiger partial charge in [-0.25, -0.2) is 4.39 Å². The molecule has 20 heavy (non-hydrogen) atoms. The van der Waals surface area contributed by atoms with Gasteiger partial charge in [0.15, 0.2) is 5.82 Å². The molecule has 0 amide bonds. The lowest BCUT2D eigenvalue weighted by atomic mass is 9.95. The van der Waals surface area contributed by atoms with Crippen LogP contribution in [0.25, 0.3) is 0 Å². The third-order valence-corrected chi connectivity index (χ3v) is 4.84. The highest BCUT2D eigenvalue weighted by molar-refractivity contribution is 5.42. The predicted molar refractivity (Wildman–Crippen MR) is 79.2 cm³/mol. The lowest BCUT2D eigenvalue weighted by Crippen LogP contribution is -2.41. The largest absolute Gasteiger partial charge is 0.382 e. The minimum absolute atomic E-state index is 0.254. The second kappa shape index (κ2) is 6.53. The number of piperidine rings is 1. The molecule has 1 aliphatic heterocycles. The first-order chi connectivity index (χ1) is 9.83. The summed E-state index contributed by atoms with van der Waals surface area (Å²) >= 11 is 0. The fraction of sp³-hybridized carbons (Fsp3) is 0.688. The van der Waals surface area contributed by atoms with Gasteiger partial charge in [-0.15, -0.1) is 0 Å². The SMILES string of the molecule is Fc1cnccc1NCC1CCN(C2CCCC2)CC1. The van der Waals surface area contributed by atoms with Gasteiger partial charge in [-0.05, 0) is 50.8 Å². The Balaban J connectivity index is 1.43. The fourth-order valence-electron chi connectivity index (χ4n) is 3.56. The average molecular weight is 277 g/mol. The third-order valence-electron chi connectivity index (χ3n) is 4.84. The molecule has 1 saturated carbocycles. The van der Waals surface area contributed by atoms with Gasteiger partial charge in [-0.2, -0.15) is 0 Å². The van der Waals surface area contributed by atoms with Gasteiger partial charge in [0, 0.05) is 18.8 Å². The number of pyridine rings is 1. The summed E-state index contributed by atoms with van der Waals surface area (Å²) in [7, 11) is 0. The molecule has 1 N–H and O–H groups in total. The van der Waals surface area contributed by atoms with Crippen LogP contribution in [0.1, 0.15) is 38.5 Å². The summed E-state index contributed by atoms with van der Waals surface area (Å²) in [6, 6.07) is 2.56. The summed E-state index contributed by atoms with van der Waals surface area (Å²) in [5, 5.41) is 3.23. The van der Waals surface area contributed by atoms with E-state index in [9.17, 15) is 4.39 Å². The van der Waals surface area contributed by atoms with Crippen molar-refractivity contribution in [1.82, 2.24) is 9.88 Å². The highest BCUT2D eigenvalue weighted by Crippen LogP contribution is 2.28. The van der Waals surface area contributed by atoms with E-state index in [-0.39, 0.29) is 5.82 Å². The molecule has 1 aromatic rings. The minimum atomic E-state index is -0.254. The molecule has 3 nitrogen and oxygen atoms in total. The molecule has 0 unspecified atom stereocenters. The van der Waals surface area contributed by atoms with Crippen LogP contribution in [0.15, 0.2) is 18.5 Å². The van der Waals surface area contributed by atoms with Crippen molar-refractivity contribution in [3.05, 3.63) is 24.3 Å². The topological polar surface area (TPSA) is 28.2 Å². The van der Waals surface area contributed by atoms with Crippen LogP contribution in [0.5, 0.6) is 0 Å². The number of nitrogens with zero attached hydrogens (tertiary/aromatic N) is 2. The molecule has 3 rings (SSSR count). The molecule has 0 atom stereocenters. The van der Waals surface area contributed by atoms with Crippen LogP contribution < -0.4 is 5.32 Å². The first-order valence-corrected chi connectivity index (χ1v) is 7.90. The Labute approximate surface area is 120 Å². The van der Waals surface area contributed by atoms with Gasteiger partial charge in [0.25, 0.3) is 0 Å². The van der Waals surface area contributed by atoms with E-state index < -0.39 is 0 Å². The standard InChI is InChI=1S/C16H24FN3/c17-15-12-18-8-5-16(15)19-11-13-6-9-20(10-7-13)14-3-1-2-4-14/h5,8,12-14H,1-4,6-7,9-11H2,(H,18,19). The number of rotatable bonds is 4. The fourth-order valence-corrected chi connectivity index (χ4v) is 3.56. The molecule has 2 fully saturated rings. The van der Waals surface area contributed by atoms with Crippen molar-refractivity contribution in [3.8, 4) is 0 Å². The molecular weight excluding hydrogens is 253 g/mol. The van der Waals surface area contributed by atoms with Crippen molar-refractivity contribution in [2.24, 2.45) is 5.92 Å². The van der Waals surface area contributed by atoms with E-state index in [0.717, 1.165) is 12.6 Å². The smallest absolute Gasteiger partial charge is 0.164 e. The number of halogens is 1. The minimum Gasteiger partial charge on any atom is -0.382 e. The number of hydrogen-bond donors (Lipinski definition) is 1. The van der Waals surface area contributed by atoms with Gasteiger partial charge in [-0.3, -0.25) is 4.98 Å². The number of aromatic nitrogens is 1. The van der Waals surface area contributed by atoms with Crippen LogP contribution >= 0.6 is 0 Å². The van der Waals surface area contributed by atoms with Gasteiger partial charge in [0.1, 0.15) is 0 Å². The maximum Gasteiger partial charge on any atom is 0.164 e. The maximum atomic E-state index is 13.5. The normalized spacial score (nSPS) is 22.2. The molecule has 0 spiro atoms. The van der Waals surface area contributed by atoms with Gasteiger partial charge < -0.3 is 10.2 Å². The summed E-state index contributed by atoms with van der Waals surface area (Å²) in [5.41, 5.74) is 0.582. The van der Waals surface area contributed by atoms with Gasteiger partial charge in [0.2, 0.25) is 0 Å². The van der Waals surface area contributed by atoms with E-state index in [2.05, 4.69) is 15.2 Å². The summed E-state index contributed by atoms with van der Waals surface area (Å²) in [4.78, 5) is 6.45. The maximum absolute atomic E-state index is 13.5. The number of likely N-dealkylation sites (tertiary alicyclic amines) is 1. The van der Waals surface area contributed by atoms with Crippen molar-refractivity contribution in [3.63, 3.8) is 0 Å². The van der Waals surface area contributed by atoms with E-state index in [1.165, 1.54) is 57.8 Å². The number of hydrogen-bond acceptors (Lipinski definition) is 3. The van der Waals surface area contributed by atoms with Crippen LogP contribution in [0.4, 0.5) is 10.1 Å². The van der Waals surface area contributed by atoms with E-state index in [1.807, 2.05) is 0 Å². The van der Waals surface area contributed by atoms with E-state index >= 15 is 0 Å². The molecule has 2 heterocycles. The zero-order valence-corrected chi connectivity index (χ0v) is 12.0. The summed E-state index contributed by atoms with van der Waals surface area (Å²) in [6.07, 6.45) is 11.0. The third kappa shape index (κ3) is 3.29. The van der Waals surface area contributed by atoms with Crippen molar-refractivity contribution in [2.75, 3.05) is 25.0 Å². The summed E-state index contributed by atoms with van der Waals surface area (Å²) < 4.78 is 13.5. The molecule has 0 bridgehead atoms. The molecule has 1 aliphatic carbocycles. The molecular formula is C16H24FN3. The second-order valence-electron chi connectivity index (χ2n) is 6.15. The van der Waals surface area contributed by atoms with Crippen molar-refractivity contribution in [2.45, 2.75) is 44.6 Å². The lowest BCUT2D eigenvalue weighted by Gasteiger charge is -2.36. The molecule has 0 radical (unpaired) electrons. The van der Waals surface area contributed by atoms with Crippen molar-refractivity contribution in [1.29, 1.82) is 0 Å². The first-order valence-electron chi connectivity index (χ1n) is 7.90. The number of nitrogens with one attached hydrogen (secondary N) is 1.